The number of carbonyl (C=O) groups excluding carboxylic acids is 2. The Morgan fingerprint density at radius 3 is 2.21 bits per heavy atom. The van der Waals surface area contributed by atoms with Crippen LogP contribution in [0.3, 0.4) is 0 Å². The number of Topliss-reactive ketones (excluding diaryl/α,β-unsaturated/α-hetero) is 1. The van der Waals surface area contributed by atoms with Crippen molar-refractivity contribution in [3.8, 4) is 0 Å². The molecule has 1 aliphatic heterocycles. The standard InChI is InChI=1S/C24H34O4/c1-5-27-22(26)23(8-10-24(11-9-23)7-6-12-28-24)16-20(25)15-21-18(3)13-17(2)14-19(21)4/h13-14H,5-12,15-16H2,1-4H3. The van der Waals surface area contributed by atoms with Crippen LogP contribution in [0.25, 0.3) is 0 Å². The summed E-state index contributed by atoms with van der Waals surface area (Å²) in [7, 11) is 0. The summed E-state index contributed by atoms with van der Waals surface area (Å²) in [6.45, 7) is 9.20. The van der Waals surface area contributed by atoms with Crippen molar-refractivity contribution in [2.24, 2.45) is 5.41 Å². The predicted molar refractivity (Wildman–Crippen MR) is 109 cm³/mol. The van der Waals surface area contributed by atoms with Crippen molar-refractivity contribution in [1.82, 2.24) is 0 Å². The summed E-state index contributed by atoms with van der Waals surface area (Å²) in [6, 6.07) is 4.25. The van der Waals surface area contributed by atoms with Crippen LogP contribution in [0.4, 0.5) is 0 Å². The van der Waals surface area contributed by atoms with Gasteiger partial charge in [0.25, 0.3) is 0 Å². The first kappa shape index (κ1) is 21.0. The molecule has 1 saturated heterocycles. The lowest BCUT2D eigenvalue weighted by Crippen LogP contribution is -2.44. The van der Waals surface area contributed by atoms with E-state index < -0.39 is 5.41 Å². The lowest BCUT2D eigenvalue weighted by Gasteiger charge is -2.42. The van der Waals surface area contributed by atoms with Crippen LogP contribution in [0, 0.1) is 26.2 Å². The largest absolute Gasteiger partial charge is 0.466 e. The van der Waals surface area contributed by atoms with E-state index >= 15 is 0 Å². The molecule has 1 aromatic rings. The molecule has 1 aromatic carbocycles. The van der Waals surface area contributed by atoms with Gasteiger partial charge in [-0.2, -0.15) is 0 Å². The zero-order chi connectivity index (χ0) is 20.4. The fourth-order valence-corrected chi connectivity index (χ4v) is 5.20. The fraction of sp³-hybridized carbons (Fsp3) is 0.667. The maximum absolute atomic E-state index is 13.1. The van der Waals surface area contributed by atoms with Crippen molar-refractivity contribution < 1.29 is 19.1 Å². The molecule has 0 aromatic heterocycles. The summed E-state index contributed by atoms with van der Waals surface area (Å²) < 4.78 is 11.4. The molecule has 28 heavy (non-hydrogen) atoms. The summed E-state index contributed by atoms with van der Waals surface area (Å²) in [4.78, 5) is 25.9. The lowest BCUT2D eigenvalue weighted by atomic mass is 9.65. The van der Waals surface area contributed by atoms with Gasteiger partial charge in [0.2, 0.25) is 0 Å². The van der Waals surface area contributed by atoms with Crippen LogP contribution in [0.2, 0.25) is 0 Å². The zero-order valence-electron chi connectivity index (χ0n) is 17.9. The Labute approximate surface area is 169 Å². The van der Waals surface area contributed by atoms with E-state index in [0.717, 1.165) is 49.0 Å². The van der Waals surface area contributed by atoms with Crippen molar-refractivity contribution in [2.75, 3.05) is 13.2 Å². The molecule has 4 heteroatoms. The highest BCUT2D eigenvalue weighted by Crippen LogP contribution is 2.49. The van der Waals surface area contributed by atoms with Crippen molar-refractivity contribution in [3.05, 3.63) is 34.4 Å². The molecular formula is C24H34O4. The minimum Gasteiger partial charge on any atom is -0.466 e. The van der Waals surface area contributed by atoms with E-state index in [1.807, 2.05) is 6.92 Å². The quantitative estimate of drug-likeness (QED) is 0.660. The van der Waals surface area contributed by atoms with Gasteiger partial charge in [-0.3, -0.25) is 9.59 Å². The fourth-order valence-electron chi connectivity index (χ4n) is 5.20. The molecule has 1 spiro atoms. The summed E-state index contributed by atoms with van der Waals surface area (Å²) in [6.07, 6.45) is 5.89. The van der Waals surface area contributed by atoms with Gasteiger partial charge in [0.1, 0.15) is 5.78 Å². The first-order valence-corrected chi connectivity index (χ1v) is 10.7. The van der Waals surface area contributed by atoms with Crippen molar-refractivity contribution in [3.63, 3.8) is 0 Å². The van der Waals surface area contributed by atoms with Crippen molar-refractivity contribution >= 4 is 11.8 Å². The van der Waals surface area contributed by atoms with E-state index in [1.165, 1.54) is 5.56 Å². The predicted octanol–water partition coefficient (Wildman–Crippen LogP) is 4.79. The smallest absolute Gasteiger partial charge is 0.312 e. The molecule has 0 unspecified atom stereocenters. The normalized spacial score (nSPS) is 27.1. The molecule has 2 aliphatic rings. The van der Waals surface area contributed by atoms with E-state index in [1.54, 1.807) is 0 Å². The Balaban J connectivity index is 1.75. The van der Waals surface area contributed by atoms with Gasteiger partial charge in [0.15, 0.2) is 0 Å². The maximum Gasteiger partial charge on any atom is 0.312 e. The van der Waals surface area contributed by atoms with Gasteiger partial charge in [0, 0.05) is 19.4 Å². The third-order valence-corrected chi connectivity index (χ3v) is 6.76. The number of carbonyl (C=O) groups is 2. The molecule has 0 bridgehead atoms. The second kappa shape index (κ2) is 8.36. The van der Waals surface area contributed by atoms with Gasteiger partial charge in [-0.1, -0.05) is 17.7 Å². The SMILES string of the molecule is CCOC(=O)C1(CC(=O)Cc2c(C)cc(C)cc2C)CCC2(CCCO2)CC1. The van der Waals surface area contributed by atoms with Gasteiger partial charge >= 0.3 is 5.97 Å². The minimum absolute atomic E-state index is 0.0663. The second-order valence-corrected chi connectivity index (χ2v) is 8.91. The number of rotatable bonds is 6. The Morgan fingerprint density at radius 2 is 1.68 bits per heavy atom. The molecule has 4 nitrogen and oxygen atoms in total. The van der Waals surface area contributed by atoms with Crippen LogP contribution in [0.1, 0.15) is 74.1 Å². The molecule has 2 fully saturated rings. The average molecular weight is 387 g/mol. The Hall–Kier alpha value is -1.68. The minimum atomic E-state index is -0.684. The summed E-state index contributed by atoms with van der Waals surface area (Å²) >= 11 is 0. The van der Waals surface area contributed by atoms with Crippen LogP contribution in [-0.4, -0.2) is 30.6 Å². The number of hydrogen-bond acceptors (Lipinski definition) is 4. The third-order valence-electron chi connectivity index (χ3n) is 6.76. The number of aryl methyl sites for hydroxylation is 3. The number of ketones is 1. The van der Waals surface area contributed by atoms with Gasteiger partial charge in [0.05, 0.1) is 17.6 Å². The highest BCUT2D eigenvalue weighted by molar-refractivity contribution is 5.88. The van der Waals surface area contributed by atoms with E-state index in [0.29, 0.717) is 25.9 Å². The summed E-state index contributed by atoms with van der Waals surface area (Å²) in [5.41, 5.74) is 3.86. The number of benzene rings is 1. The number of hydrogen-bond donors (Lipinski definition) is 0. The molecule has 0 atom stereocenters. The van der Waals surface area contributed by atoms with Crippen LogP contribution < -0.4 is 0 Å². The van der Waals surface area contributed by atoms with Gasteiger partial charge in [-0.25, -0.2) is 0 Å². The number of ether oxygens (including phenoxy) is 2. The van der Waals surface area contributed by atoms with E-state index in [-0.39, 0.29) is 23.8 Å². The van der Waals surface area contributed by atoms with E-state index in [9.17, 15) is 9.59 Å². The summed E-state index contributed by atoms with van der Waals surface area (Å²) in [5, 5.41) is 0. The molecule has 154 valence electrons. The van der Waals surface area contributed by atoms with Gasteiger partial charge in [-0.15, -0.1) is 0 Å². The van der Waals surface area contributed by atoms with Gasteiger partial charge < -0.3 is 9.47 Å². The highest BCUT2D eigenvalue weighted by atomic mass is 16.5. The van der Waals surface area contributed by atoms with Crippen molar-refractivity contribution in [2.45, 2.75) is 84.7 Å². The van der Waals surface area contributed by atoms with Crippen molar-refractivity contribution in [1.29, 1.82) is 0 Å². The second-order valence-electron chi connectivity index (χ2n) is 8.91. The first-order valence-electron chi connectivity index (χ1n) is 10.7. The molecule has 1 aliphatic carbocycles. The molecule has 0 radical (unpaired) electrons. The molecule has 1 heterocycles. The highest BCUT2D eigenvalue weighted by Gasteiger charge is 2.50. The third kappa shape index (κ3) is 4.32. The maximum atomic E-state index is 13.1. The van der Waals surface area contributed by atoms with Crippen LogP contribution in [0.15, 0.2) is 12.1 Å². The Kier molecular flexibility index (Phi) is 6.28. The van der Waals surface area contributed by atoms with E-state index in [2.05, 4.69) is 32.9 Å². The Morgan fingerprint density at radius 1 is 1.04 bits per heavy atom. The lowest BCUT2D eigenvalue weighted by molar-refractivity contribution is -0.164. The van der Waals surface area contributed by atoms with E-state index in [4.69, 9.17) is 9.47 Å². The first-order chi connectivity index (χ1) is 13.3. The summed E-state index contributed by atoms with van der Waals surface area (Å²) in [5.74, 6) is -0.0695. The zero-order valence-corrected chi connectivity index (χ0v) is 17.9. The monoisotopic (exact) mass is 386 g/mol. The number of esters is 1. The molecule has 3 rings (SSSR count). The molecule has 0 N–H and O–H groups in total. The van der Waals surface area contributed by atoms with Crippen LogP contribution in [-0.2, 0) is 25.5 Å². The molecule has 0 amide bonds. The topological polar surface area (TPSA) is 52.6 Å². The average Bonchev–Trinajstić information content (AvgIpc) is 3.09. The van der Waals surface area contributed by atoms with Crippen LogP contribution >= 0.6 is 0 Å². The molecule has 1 saturated carbocycles. The van der Waals surface area contributed by atoms with Gasteiger partial charge in [-0.05, 0) is 82.9 Å². The van der Waals surface area contributed by atoms with Crippen LogP contribution in [0.5, 0.6) is 0 Å². The Bertz CT molecular complexity index is 710. The molecular weight excluding hydrogens is 352 g/mol.